The highest BCUT2D eigenvalue weighted by molar-refractivity contribution is 5.50. The Hall–Kier alpha value is -2.04. The van der Waals surface area contributed by atoms with Crippen LogP contribution in [-0.2, 0) is 6.54 Å². The fourth-order valence-corrected chi connectivity index (χ4v) is 1.81. The van der Waals surface area contributed by atoms with Gasteiger partial charge >= 0.3 is 0 Å². The third kappa shape index (κ3) is 3.24. The number of anilines is 2. The third-order valence-electron chi connectivity index (χ3n) is 3.11. The summed E-state index contributed by atoms with van der Waals surface area (Å²) in [6, 6.07) is 4.06. The molecule has 0 aliphatic heterocycles. The molecular formula is C14H21N5. The number of rotatable bonds is 5. The highest BCUT2D eigenvalue weighted by atomic mass is 15.2. The molecule has 102 valence electrons. The van der Waals surface area contributed by atoms with Crippen LogP contribution in [0.4, 0.5) is 11.8 Å². The van der Waals surface area contributed by atoms with Gasteiger partial charge in [-0.15, -0.1) is 0 Å². The Morgan fingerprint density at radius 2 is 1.84 bits per heavy atom. The Bertz CT molecular complexity index is 531. The topological polar surface area (TPSA) is 46.0 Å². The standard InChI is InChI=1S/C14H21N5/c1-11-12(2)16-14(18(3)4)17-13(11)15-7-10-19-8-5-6-9-19/h5-6,8-9H,7,10H2,1-4H3,(H,15,16,17). The molecule has 0 spiro atoms. The fraction of sp³-hybridized carbons (Fsp3) is 0.429. The van der Waals surface area contributed by atoms with Gasteiger partial charge in [0.1, 0.15) is 5.82 Å². The van der Waals surface area contributed by atoms with Crippen LogP contribution in [0.3, 0.4) is 0 Å². The van der Waals surface area contributed by atoms with Gasteiger partial charge in [-0.25, -0.2) is 4.98 Å². The lowest BCUT2D eigenvalue weighted by molar-refractivity contribution is 0.730. The molecule has 2 aromatic rings. The fourth-order valence-electron chi connectivity index (χ4n) is 1.81. The van der Waals surface area contributed by atoms with Crippen LogP contribution in [0.1, 0.15) is 11.3 Å². The average molecular weight is 259 g/mol. The van der Waals surface area contributed by atoms with Crippen molar-refractivity contribution in [2.75, 3.05) is 30.9 Å². The van der Waals surface area contributed by atoms with E-state index in [9.17, 15) is 0 Å². The second-order valence-electron chi connectivity index (χ2n) is 4.82. The minimum atomic E-state index is 0.742. The van der Waals surface area contributed by atoms with Gasteiger partial charge < -0.3 is 14.8 Å². The first kappa shape index (κ1) is 13.4. The second-order valence-corrected chi connectivity index (χ2v) is 4.82. The van der Waals surface area contributed by atoms with Gasteiger partial charge in [-0.2, -0.15) is 4.98 Å². The van der Waals surface area contributed by atoms with Crippen LogP contribution < -0.4 is 10.2 Å². The van der Waals surface area contributed by atoms with Crippen molar-refractivity contribution in [3.63, 3.8) is 0 Å². The van der Waals surface area contributed by atoms with Crippen molar-refractivity contribution >= 4 is 11.8 Å². The van der Waals surface area contributed by atoms with Crippen molar-refractivity contribution in [3.8, 4) is 0 Å². The zero-order chi connectivity index (χ0) is 13.8. The SMILES string of the molecule is Cc1nc(N(C)C)nc(NCCn2cccc2)c1C. The molecule has 19 heavy (non-hydrogen) atoms. The van der Waals surface area contributed by atoms with Crippen molar-refractivity contribution in [2.45, 2.75) is 20.4 Å². The number of aromatic nitrogens is 3. The van der Waals surface area contributed by atoms with E-state index in [0.29, 0.717) is 0 Å². The molecule has 0 saturated heterocycles. The lowest BCUT2D eigenvalue weighted by Crippen LogP contribution is -2.17. The van der Waals surface area contributed by atoms with Crippen LogP contribution in [0.25, 0.3) is 0 Å². The molecule has 5 nitrogen and oxygen atoms in total. The van der Waals surface area contributed by atoms with Crippen molar-refractivity contribution < 1.29 is 0 Å². The van der Waals surface area contributed by atoms with Gasteiger partial charge in [0.25, 0.3) is 0 Å². The summed E-state index contributed by atoms with van der Waals surface area (Å²) >= 11 is 0. The Morgan fingerprint density at radius 3 is 2.47 bits per heavy atom. The number of hydrogen-bond donors (Lipinski definition) is 1. The van der Waals surface area contributed by atoms with Crippen molar-refractivity contribution in [1.82, 2.24) is 14.5 Å². The summed E-state index contributed by atoms with van der Waals surface area (Å²) in [7, 11) is 3.90. The lowest BCUT2D eigenvalue weighted by Gasteiger charge is -2.16. The molecule has 0 saturated carbocycles. The molecule has 0 aliphatic carbocycles. The predicted molar refractivity (Wildman–Crippen MR) is 78.8 cm³/mol. The number of aryl methyl sites for hydroxylation is 1. The largest absolute Gasteiger partial charge is 0.368 e. The zero-order valence-corrected chi connectivity index (χ0v) is 12.0. The monoisotopic (exact) mass is 259 g/mol. The summed E-state index contributed by atoms with van der Waals surface area (Å²) in [5.74, 6) is 1.66. The average Bonchev–Trinajstić information content (AvgIpc) is 2.87. The van der Waals surface area contributed by atoms with Crippen LogP contribution in [0.2, 0.25) is 0 Å². The van der Waals surface area contributed by atoms with E-state index < -0.39 is 0 Å². The molecular weight excluding hydrogens is 238 g/mol. The molecule has 0 aromatic carbocycles. The van der Waals surface area contributed by atoms with Crippen molar-refractivity contribution in [2.24, 2.45) is 0 Å². The summed E-state index contributed by atoms with van der Waals surface area (Å²) in [5, 5.41) is 3.39. The highest BCUT2D eigenvalue weighted by Crippen LogP contribution is 2.17. The van der Waals surface area contributed by atoms with E-state index in [4.69, 9.17) is 0 Å². The highest BCUT2D eigenvalue weighted by Gasteiger charge is 2.08. The number of nitrogens with one attached hydrogen (secondary N) is 1. The van der Waals surface area contributed by atoms with E-state index in [-0.39, 0.29) is 0 Å². The first-order chi connectivity index (χ1) is 9.08. The summed E-state index contributed by atoms with van der Waals surface area (Å²) < 4.78 is 2.14. The van der Waals surface area contributed by atoms with Gasteiger partial charge in [-0.05, 0) is 26.0 Å². The predicted octanol–water partition coefficient (Wildman–Crippen LogP) is 2.07. The van der Waals surface area contributed by atoms with Gasteiger partial charge in [0.2, 0.25) is 5.95 Å². The summed E-state index contributed by atoms with van der Waals surface area (Å²) in [6.07, 6.45) is 4.12. The summed E-state index contributed by atoms with van der Waals surface area (Å²) in [5.41, 5.74) is 2.13. The molecule has 0 aliphatic rings. The van der Waals surface area contributed by atoms with Gasteiger partial charge in [-0.3, -0.25) is 0 Å². The quantitative estimate of drug-likeness (QED) is 0.893. The molecule has 2 heterocycles. The van der Waals surface area contributed by atoms with Crippen LogP contribution >= 0.6 is 0 Å². The minimum absolute atomic E-state index is 0.742. The Balaban J connectivity index is 2.06. The molecule has 0 atom stereocenters. The molecule has 0 amide bonds. The van der Waals surface area contributed by atoms with Crippen molar-refractivity contribution in [3.05, 3.63) is 35.8 Å². The first-order valence-electron chi connectivity index (χ1n) is 6.45. The van der Waals surface area contributed by atoms with Gasteiger partial charge in [-0.1, -0.05) is 0 Å². The maximum absolute atomic E-state index is 4.55. The van der Waals surface area contributed by atoms with Crippen LogP contribution in [-0.4, -0.2) is 35.2 Å². The minimum Gasteiger partial charge on any atom is -0.368 e. The van der Waals surface area contributed by atoms with E-state index in [1.54, 1.807) is 0 Å². The molecule has 0 fully saturated rings. The molecule has 0 unspecified atom stereocenters. The van der Waals surface area contributed by atoms with E-state index in [1.165, 1.54) is 0 Å². The van der Waals surface area contributed by atoms with Crippen LogP contribution in [0.5, 0.6) is 0 Å². The summed E-state index contributed by atoms with van der Waals surface area (Å²) in [6.45, 7) is 5.83. The van der Waals surface area contributed by atoms with Crippen LogP contribution in [0, 0.1) is 13.8 Å². The third-order valence-corrected chi connectivity index (χ3v) is 3.11. The van der Waals surface area contributed by atoms with E-state index >= 15 is 0 Å². The Morgan fingerprint density at radius 1 is 1.16 bits per heavy atom. The van der Waals surface area contributed by atoms with Crippen LogP contribution in [0.15, 0.2) is 24.5 Å². The summed E-state index contributed by atoms with van der Waals surface area (Å²) in [4.78, 5) is 10.9. The maximum atomic E-state index is 4.55. The molecule has 2 aromatic heterocycles. The first-order valence-corrected chi connectivity index (χ1v) is 6.45. The Labute approximate surface area is 114 Å². The van der Waals surface area contributed by atoms with E-state index in [1.807, 2.05) is 45.0 Å². The van der Waals surface area contributed by atoms with Gasteiger partial charge in [0.15, 0.2) is 0 Å². The second kappa shape index (κ2) is 5.73. The zero-order valence-electron chi connectivity index (χ0n) is 12.0. The molecule has 1 N–H and O–H groups in total. The lowest BCUT2D eigenvalue weighted by atomic mass is 10.2. The number of nitrogens with zero attached hydrogens (tertiary/aromatic N) is 4. The molecule has 0 radical (unpaired) electrons. The van der Waals surface area contributed by atoms with Gasteiger partial charge in [0.05, 0.1) is 0 Å². The normalized spacial score (nSPS) is 10.5. The maximum Gasteiger partial charge on any atom is 0.227 e. The molecule has 5 heteroatoms. The number of hydrogen-bond acceptors (Lipinski definition) is 4. The van der Waals surface area contributed by atoms with E-state index in [2.05, 4.69) is 32.2 Å². The van der Waals surface area contributed by atoms with Crippen molar-refractivity contribution in [1.29, 1.82) is 0 Å². The Kier molecular flexibility index (Phi) is 4.04. The van der Waals surface area contributed by atoms with Gasteiger partial charge in [0, 0.05) is 50.8 Å². The molecule has 0 bridgehead atoms. The smallest absolute Gasteiger partial charge is 0.227 e. The van der Waals surface area contributed by atoms with E-state index in [0.717, 1.165) is 36.1 Å². The molecule has 2 rings (SSSR count).